The van der Waals surface area contributed by atoms with Crippen LogP contribution in [0.3, 0.4) is 0 Å². The molecule has 70 valence electrons. The van der Waals surface area contributed by atoms with Gasteiger partial charge < -0.3 is 4.74 Å². The smallest absolute Gasteiger partial charge is 0.446 e. The molecule has 0 heterocycles. The fourth-order valence-corrected chi connectivity index (χ4v) is 0.656. The summed E-state index contributed by atoms with van der Waals surface area (Å²) in [6, 6.07) is -0.501. The zero-order valence-corrected chi connectivity index (χ0v) is 7.31. The molecule has 0 rings (SSSR count). The molecular weight excluding hydrogens is 164 g/mol. The van der Waals surface area contributed by atoms with Crippen molar-refractivity contribution in [1.29, 1.82) is 0 Å². The average molecular weight is 176 g/mol. The number of hydrogen-bond acceptors (Lipinski definition) is 4. The third kappa shape index (κ3) is 2.73. The first-order valence-electron chi connectivity index (χ1n) is 3.61. The van der Waals surface area contributed by atoms with Gasteiger partial charge in [-0.05, 0) is 25.8 Å². The van der Waals surface area contributed by atoms with Gasteiger partial charge in [-0.15, -0.1) is 0 Å². The number of nitrogens with zero attached hydrogens (tertiary/aromatic N) is 2. The van der Waals surface area contributed by atoms with Crippen LogP contribution in [-0.4, -0.2) is 28.8 Å². The Bertz CT molecular complexity index is 180. The van der Waals surface area contributed by atoms with Gasteiger partial charge in [-0.2, -0.15) is 0 Å². The predicted molar refractivity (Wildman–Crippen MR) is 41.0 cm³/mol. The molecule has 0 saturated carbocycles. The summed E-state index contributed by atoms with van der Waals surface area (Å²) in [5.41, 5.74) is 0. The molecule has 0 aromatic heterocycles. The fourth-order valence-electron chi connectivity index (χ4n) is 0.656. The number of amides is 1. The summed E-state index contributed by atoms with van der Waals surface area (Å²) >= 11 is 0. The van der Waals surface area contributed by atoms with Crippen molar-refractivity contribution in [2.45, 2.75) is 26.8 Å². The molecule has 0 fully saturated rings. The molecule has 6 heteroatoms. The second-order valence-electron chi connectivity index (χ2n) is 2.38. The summed E-state index contributed by atoms with van der Waals surface area (Å²) < 4.78 is 4.47. The van der Waals surface area contributed by atoms with Crippen molar-refractivity contribution in [2.75, 3.05) is 6.61 Å². The number of carbonyl (C=O) groups is 1. The molecule has 0 saturated heterocycles. The summed E-state index contributed by atoms with van der Waals surface area (Å²) in [6.07, 6.45) is -0.919. The van der Waals surface area contributed by atoms with Crippen molar-refractivity contribution in [3.63, 3.8) is 0 Å². The second-order valence-corrected chi connectivity index (χ2v) is 2.38. The molecule has 1 amide bonds. The number of nitro groups is 1. The number of hydrogen-bond donors (Lipinski definition) is 0. The van der Waals surface area contributed by atoms with Crippen LogP contribution in [0, 0.1) is 10.1 Å². The molecule has 0 aliphatic rings. The molecule has 0 atom stereocenters. The van der Waals surface area contributed by atoms with Crippen LogP contribution in [0.4, 0.5) is 4.79 Å². The minimum atomic E-state index is -0.919. The standard InChI is InChI=1S/C6H12N2O4/c1-4-12-6(9)7(5(2)3)8(10)11/h5H,4H2,1-3H3. The minimum absolute atomic E-state index is 0.135. The quantitative estimate of drug-likeness (QED) is 0.475. The van der Waals surface area contributed by atoms with E-state index in [-0.39, 0.29) is 6.61 Å². The van der Waals surface area contributed by atoms with Gasteiger partial charge in [-0.1, -0.05) is 0 Å². The highest BCUT2D eigenvalue weighted by Gasteiger charge is 2.28. The highest BCUT2D eigenvalue weighted by atomic mass is 16.7. The predicted octanol–water partition coefficient (Wildman–Crippen LogP) is 1.04. The minimum Gasteiger partial charge on any atom is -0.446 e. The highest BCUT2D eigenvalue weighted by Crippen LogP contribution is 2.00. The molecule has 6 nitrogen and oxygen atoms in total. The van der Waals surface area contributed by atoms with E-state index in [4.69, 9.17) is 0 Å². The Kier molecular flexibility index (Phi) is 4.03. The van der Waals surface area contributed by atoms with Crippen LogP contribution in [0.5, 0.6) is 0 Å². The van der Waals surface area contributed by atoms with Crippen LogP contribution in [0.1, 0.15) is 20.8 Å². The number of carbonyl (C=O) groups excluding carboxylic acids is 1. The molecule has 0 spiro atoms. The lowest BCUT2D eigenvalue weighted by Gasteiger charge is -2.14. The van der Waals surface area contributed by atoms with Gasteiger partial charge in [-0.25, -0.2) is 14.9 Å². The lowest BCUT2D eigenvalue weighted by molar-refractivity contribution is -0.642. The van der Waals surface area contributed by atoms with Crippen LogP contribution in [0.2, 0.25) is 0 Å². The van der Waals surface area contributed by atoms with Gasteiger partial charge in [0.25, 0.3) is 0 Å². The Morgan fingerprint density at radius 3 is 2.42 bits per heavy atom. The van der Waals surface area contributed by atoms with Gasteiger partial charge in [0.1, 0.15) is 0 Å². The van der Waals surface area contributed by atoms with Crippen LogP contribution >= 0.6 is 0 Å². The molecule has 0 aromatic carbocycles. The molecule has 0 bridgehead atoms. The van der Waals surface area contributed by atoms with E-state index in [0.717, 1.165) is 0 Å². The van der Waals surface area contributed by atoms with Crippen LogP contribution in [0.15, 0.2) is 0 Å². The molecule has 0 aliphatic carbocycles. The Morgan fingerprint density at radius 2 is 2.17 bits per heavy atom. The molecule has 0 radical (unpaired) electrons. The summed E-state index contributed by atoms with van der Waals surface area (Å²) in [5.74, 6) is 0. The first-order chi connectivity index (χ1) is 5.50. The van der Waals surface area contributed by atoms with Crippen LogP contribution < -0.4 is 0 Å². The van der Waals surface area contributed by atoms with Gasteiger partial charge in [0, 0.05) is 0 Å². The number of hydrazine groups is 1. The zero-order chi connectivity index (χ0) is 9.72. The Hall–Kier alpha value is -1.33. The second kappa shape index (κ2) is 4.53. The third-order valence-corrected chi connectivity index (χ3v) is 1.12. The molecule has 0 N–H and O–H groups in total. The number of ether oxygens (including phenoxy) is 1. The summed E-state index contributed by atoms with van der Waals surface area (Å²) in [5, 5.41) is 9.96. The highest BCUT2D eigenvalue weighted by molar-refractivity contribution is 5.66. The Morgan fingerprint density at radius 1 is 1.67 bits per heavy atom. The summed E-state index contributed by atoms with van der Waals surface area (Å²) in [6.45, 7) is 4.81. The van der Waals surface area contributed by atoms with E-state index >= 15 is 0 Å². The molecular formula is C6H12N2O4. The molecule has 0 unspecified atom stereocenters. The first kappa shape index (κ1) is 10.7. The van der Waals surface area contributed by atoms with Crippen LogP contribution in [-0.2, 0) is 4.74 Å². The van der Waals surface area contributed by atoms with E-state index in [1.165, 1.54) is 0 Å². The molecule has 0 aliphatic heterocycles. The summed E-state index contributed by atoms with van der Waals surface area (Å²) in [7, 11) is 0. The van der Waals surface area contributed by atoms with Crippen molar-refractivity contribution in [1.82, 2.24) is 5.01 Å². The Balaban J connectivity index is 4.30. The van der Waals surface area contributed by atoms with E-state index < -0.39 is 17.2 Å². The first-order valence-corrected chi connectivity index (χ1v) is 3.61. The lowest BCUT2D eigenvalue weighted by Crippen LogP contribution is -2.41. The van der Waals surface area contributed by atoms with Crippen molar-refractivity contribution < 1.29 is 14.6 Å². The fraction of sp³-hybridized carbons (Fsp3) is 0.833. The zero-order valence-electron chi connectivity index (χ0n) is 7.31. The van der Waals surface area contributed by atoms with Crippen molar-refractivity contribution in [3.05, 3.63) is 10.1 Å². The van der Waals surface area contributed by atoms with Crippen LogP contribution in [0.25, 0.3) is 0 Å². The van der Waals surface area contributed by atoms with E-state index in [9.17, 15) is 14.9 Å². The van der Waals surface area contributed by atoms with E-state index in [0.29, 0.717) is 5.01 Å². The molecule has 0 aromatic rings. The van der Waals surface area contributed by atoms with Crippen molar-refractivity contribution in [3.8, 4) is 0 Å². The topological polar surface area (TPSA) is 72.7 Å². The number of rotatable bonds is 3. The van der Waals surface area contributed by atoms with Gasteiger partial charge in [0.05, 0.1) is 12.6 Å². The summed E-state index contributed by atoms with van der Waals surface area (Å²) in [4.78, 5) is 21.2. The average Bonchev–Trinajstić information content (AvgIpc) is 1.85. The lowest BCUT2D eigenvalue weighted by atomic mass is 10.4. The maximum absolute atomic E-state index is 10.9. The maximum atomic E-state index is 10.9. The molecule has 12 heavy (non-hydrogen) atoms. The monoisotopic (exact) mass is 176 g/mol. The third-order valence-electron chi connectivity index (χ3n) is 1.12. The van der Waals surface area contributed by atoms with Gasteiger partial charge in [0.2, 0.25) is 0 Å². The Labute approximate surface area is 70.2 Å². The van der Waals surface area contributed by atoms with Gasteiger partial charge in [0.15, 0.2) is 5.03 Å². The largest absolute Gasteiger partial charge is 0.468 e. The SMILES string of the molecule is CCOC(=O)N(C(C)C)[N+](=O)[O-]. The van der Waals surface area contributed by atoms with Gasteiger partial charge in [-0.3, -0.25) is 0 Å². The normalized spacial score (nSPS) is 9.67. The van der Waals surface area contributed by atoms with Crippen molar-refractivity contribution >= 4 is 6.09 Å². The van der Waals surface area contributed by atoms with Crippen molar-refractivity contribution in [2.24, 2.45) is 0 Å². The van der Waals surface area contributed by atoms with E-state index in [1.807, 2.05) is 0 Å². The van der Waals surface area contributed by atoms with E-state index in [2.05, 4.69) is 4.74 Å². The van der Waals surface area contributed by atoms with E-state index in [1.54, 1.807) is 20.8 Å². The van der Waals surface area contributed by atoms with Gasteiger partial charge >= 0.3 is 6.09 Å². The maximum Gasteiger partial charge on any atom is 0.468 e.